The molecule has 0 unspecified atom stereocenters. The molecule has 0 amide bonds. The number of aliphatic hydroxyl groups is 1. The summed E-state index contributed by atoms with van der Waals surface area (Å²) in [6.07, 6.45) is 10.9. The Morgan fingerprint density at radius 2 is 2.09 bits per heavy atom. The minimum absolute atomic E-state index is 0.00255. The molecule has 0 saturated heterocycles. The van der Waals surface area contributed by atoms with Gasteiger partial charge in [0.2, 0.25) is 0 Å². The van der Waals surface area contributed by atoms with Crippen LogP contribution in [0.25, 0.3) is 22.4 Å². The van der Waals surface area contributed by atoms with Crippen molar-refractivity contribution in [2.45, 2.75) is 32.7 Å². The zero-order valence-electron chi connectivity index (χ0n) is 20.0. The minimum atomic E-state index is 0.00255. The predicted molar refractivity (Wildman–Crippen MR) is 131 cm³/mol. The quantitative estimate of drug-likeness (QED) is 0.321. The lowest BCUT2D eigenvalue weighted by molar-refractivity contribution is 0.233. The lowest BCUT2D eigenvalue weighted by atomic mass is 10.1. The molecule has 9 heteroatoms. The van der Waals surface area contributed by atoms with Crippen molar-refractivity contribution in [3.8, 4) is 11.4 Å². The van der Waals surface area contributed by atoms with Crippen LogP contribution in [-0.4, -0.2) is 64.0 Å². The van der Waals surface area contributed by atoms with Crippen LogP contribution in [0.2, 0.25) is 0 Å². The van der Waals surface area contributed by atoms with Crippen molar-refractivity contribution in [3.63, 3.8) is 0 Å². The largest absolute Gasteiger partial charge is 0.501 e. The summed E-state index contributed by atoms with van der Waals surface area (Å²) in [5.41, 5.74) is 4.95. The molecule has 1 N–H and O–H groups in total. The van der Waals surface area contributed by atoms with Crippen LogP contribution in [-0.2, 0) is 16.0 Å². The second kappa shape index (κ2) is 11.2. The maximum absolute atomic E-state index is 9.13. The number of methoxy groups -OCH3 is 2. The van der Waals surface area contributed by atoms with Crippen molar-refractivity contribution in [2.24, 2.45) is 5.92 Å². The zero-order chi connectivity index (χ0) is 23.9. The summed E-state index contributed by atoms with van der Waals surface area (Å²) in [6.45, 7) is 3.90. The minimum Gasteiger partial charge on any atom is -0.501 e. The Morgan fingerprint density at radius 3 is 2.79 bits per heavy atom. The van der Waals surface area contributed by atoms with Crippen LogP contribution in [0.4, 0.5) is 5.69 Å². The number of hydrogen-bond acceptors (Lipinski definition) is 8. The Balaban J connectivity index is 1.72. The van der Waals surface area contributed by atoms with Crippen LogP contribution in [0.1, 0.15) is 26.2 Å². The van der Waals surface area contributed by atoms with Crippen molar-refractivity contribution in [1.82, 2.24) is 25.0 Å². The first-order chi connectivity index (χ1) is 16.6. The van der Waals surface area contributed by atoms with Crippen LogP contribution in [0.3, 0.4) is 0 Å². The van der Waals surface area contributed by atoms with Gasteiger partial charge in [-0.15, -0.1) is 5.10 Å². The summed E-state index contributed by atoms with van der Waals surface area (Å²) in [4.78, 5) is 11.7. The molecule has 0 radical (unpaired) electrons. The number of anilines is 1. The SMILES string of the molecule is CC/C(=C\C(=C/COC)N(CC1CC1)c1ccc2ncc(-c3cn(CCO)nn3)nc2c1)OC. The first-order valence-electron chi connectivity index (χ1n) is 11.6. The number of aliphatic hydroxyl groups excluding tert-OH is 1. The summed E-state index contributed by atoms with van der Waals surface area (Å²) in [6, 6.07) is 6.15. The number of allylic oxidation sites excluding steroid dienone is 2. The molecule has 1 fully saturated rings. The number of hydrogen-bond donors (Lipinski definition) is 1. The molecule has 0 atom stereocenters. The first kappa shape index (κ1) is 23.8. The first-order valence-corrected chi connectivity index (χ1v) is 11.6. The molecule has 1 aliphatic carbocycles. The fourth-order valence-electron chi connectivity index (χ4n) is 3.72. The van der Waals surface area contributed by atoms with Crippen molar-refractivity contribution < 1.29 is 14.6 Å². The van der Waals surface area contributed by atoms with E-state index in [-0.39, 0.29) is 6.61 Å². The summed E-state index contributed by atoms with van der Waals surface area (Å²) in [5, 5.41) is 17.3. The van der Waals surface area contributed by atoms with E-state index >= 15 is 0 Å². The second-order valence-electron chi connectivity index (χ2n) is 8.33. The monoisotopic (exact) mass is 464 g/mol. The van der Waals surface area contributed by atoms with Crippen LogP contribution in [0.5, 0.6) is 0 Å². The van der Waals surface area contributed by atoms with Crippen molar-refractivity contribution in [3.05, 3.63) is 54.2 Å². The van der Waals surface area contributed by atoms with Gasteiger partial charge in [0, 0.05) is 31.5 Å². The Morgan fingerprint density at radius 1 is 1.24 bits per heavy atom. The molecular weight excluding hydrogens is 432 g/mol. The molecule has 4 rings (SSSR count). The molecule has 0 aliphatic heterocycles. The van der Waals surface area contributed by atoms with Gasteiger partial charge in [-0.2, -0.15) is 0 Å². The topological polar surface area (TPSA) is 98.4 Å². The lowest BCUT2D eigenvalue weighted by Gasteiger charge is -2.27. The van der Waals surface area contributed by atoms with Gasteiger partial charge in [0.1, 0.15) is 11.4 Å². The van der Waals surface area contributed by atoms with Gasteiger partial charge in [-0.05, 0) is 49.1 Å². The van der Waals surface area contributed by atoms with Gasteiger partial charge in [-0.3, -0.25) is 4.98 Å². The molecule has 180 valence electrons. The maximum atomic E-state index is 9.13. The molecule has 0 bridgehead atoms. The molecule has 9 nitrogen and oxygen atoms in total. The Labute approximate surface area is 199 Å². The van der Waals surface area contributed by atoms with E-state index in [0.717, 1.165) is 41.1 Å². The fraction of sp³-hybridized carbons (Fsp3) is 0.440. The van der Waals surface area contributed by atoms with Crippen molar-refractivity contribution >= 4 is 16.7 Å². The molecule has 34 heavy (non-hydrogen) atoms. The molecule has 3 aromatic rings. The average Bonchev–Trinajstić information content (AvgIpc) is 3.57. The molecule has 1 aromatic carbocycles. The van der Waals surface area contributed by atoms with E-state index in [2.05, 4.69) is 51.4 Å². The number of aromatic nitrogens is 5. The molecule has 2 aromatic heterocycles. The third kappa shape index (κ3) is 5.78. The van der Waals surface area contributed by atoms with Gasteiger partial charge in [-0.25, -0.2) is 9.67 Å². The van der Waals surface area contributed by atoms with Crippen LogP contribution >= 0.6 is 0 Å². The van der Waals surface area contributed by atoms with E-state index in [1.54, 1.807) is 31.3 Å². The lowest BCUT2D eigenvalue weighted by Crippen LogP contribution is -2.25. The van der Waals surface area contributed by atoms with Gasteiger partial charge < -0.3 is 19.5 Å². The molecule has 1 aliphatic rings. The Bertz CT molecular complexity index is 1160. The van der Waals surface area contributed by atoms with Crippen LogP contribution in [0, 0.1) is 5.92 Å². The van der Waals surface area contributed by atoms with Gasteiger partial charge in [0.15, 0.2) is 0 Å². The van der Waals surface area contributed by atoms with E-state index < -0.39 is 0 Å². The highest BCUT2D eigenvalue weighted by Crippen LogP contribution is 2.34. The molecule has 0 spiro atoms. The predicted octanol–water partition coefficient (Wildman–Crippen LogP) is 3.57. The van der Waals surface area contributed by atoms with Crippen molar-refractivity contribution in [1.29, 1.82) is 0 Å². The van der Waals surface area contributed by atoms with Crippen LogP contribution in [0.15, 0.2) is 54.2 Å². The average molecular weight is 465 g/mol. The summed E-state index contributed by atoms with van der Waals surface area (Å²) < 4.78 is 12.5. The zero-order valence-corrected chi connectivity index (χ0v) is 20.0. The Kier molecular flexibility index (Phi) is 7.87. The molecular formula is C25H32N6O3. The summed E-state index contributed by atoms with van der Waals surface area (Å²) >= 11 is 0. The van der Waals surface area contributed by atoms with Gasteiger partial charge in [0.25, 0.3) is 0 Å². The number of fused-ring (bicyclic) bond motifs is 1. The number of ether oxygens (including phenoxy) is 2. The smallest absolute Gasteiger partial charge is 0.133 e. The Hall–Kier alpha value is -3.30. The van der Waals surface area contributed by atoms with E-state index in [9.17, 15) is 0 Å². The van der Waals surface area contributed by atoms with E-state index in [1.165, 1.54) is 12.8 Å². The number of rotatable bonds is 12. The summed E-state index contributed by atoms with van der Waals surface area (Å²) in [7, 11) is 3.41. The van der Waals surface area contributed by atoms with E-state index in [1.807, 2.05) is 6.07 Å². The van der Waals surface area contributed by atoms with Gasteiger partial charge >= 0.3 is 0 Å². The highest BCUT2D eigenvalue weighted by Gasteiger charge is 2.26. The van der Waals surface area contributed by atoms with Crippen molar-refractivity contribution in [2.75, 3.05) is 38.9 Å². The number of nitrogens with zero attached hydrogens (tertiary/aromatic N) is 6. The highest BCUT2D eigenvalue weighted by atomic mass is 16.5. The third-order valence-corrected chi connectivity index (χ3v) is 5.80. The highest BCUT2D eigenvalue weighted by molar-refractivity contribution is 5.81. The fourth-order valence-corrected chi connectivity index (χ4v) is 3.72. The summed E-state index contributed by atoms with van der Waals surface area (Å²) in [5.74, 6) is 1.58. The van der Waals surface area contributed by atoms with E-state index in [4.69, 9.17) is 19.6 Å². The number of benzene rings is 1. The molecule has 1 saturated carbocycles. The van der Waals surface area contributed by atoms with Crippen LogP contribution < -0.4 is 4.90 Å². The van der Waals surface area contributed by atoms with E-state index in [0.29, 0.717) is 30.5 Å². The van der Waals surface area contributed by atoms with Gasteiger partial charge in [-0.1, -0.05) is 12.1 Å². The standard InChI is InChI=1S/C25H32N6O3/c1-4-21(34-3)13-20(9-12-33-2)31(16-18-5-6-18)19-7-8-22-23(14-19)27-24(15-26-22)25-17-30(10-11-32)29-28-25/h7-9,13-15,17-18,32H,4-6,10-12,16H2,1-3H3/b20-9+,21-13+. The normalized spacial score (nSPS) is 14.6. The molecule has 2 heterocycles. The van der Waals surface area contributed by atoms with Gasteiger partial charge in [0.05, 0.1) is 56.1 Å². The second-order valence-corrected chi connectivity index (χ2v) is 8.33. The maximum Gasteiger partial charge on any atom is 0.133 e. The third-order valence-electron chi connectivity index (χ3n) is 5.80.